The van der Waals surface area contributed by atoms with E-state index in [0.717, 1.165) is 0 Å². The molecule has 2 rings (SSSR count). The van der Waals surface area contributed by atoms with Gasteiger partial charge in [0.2, 0.25) is 0 Å². The Morgan fingerprint density at radius 1 is 1.26 bits per heavy atom. The molecular formula is C27H34N2O9. The molecule has 0 radical (unpaired) electrons. The summed E-state index contributed by atoms with van der Waals surface area (Å²) in [4.78, 5) is 30.2. The average Bonchev–Trinajstić information content (AvgIpc) is 2.89. The van der Waals surface area contributed by atoms with Crippen molar-refractivity contribution in [3.63, 3.8) is 0 Å². The van der Waals surface area contributed by atoms with E-state index in [2.05, 4.69) is 15.3 Å². The monoisotopic (exact) mass is 530 g/mol. The first-order valence-corrected chi connectivity index (χ1v) is 11.9. The summed E-state index contributed by atoms with van der Waals surface area (Å²) in [5.41, 5.74) is 0.975. The molecule has 206 valence electrons. The second-order valence-electron chi connectivity index (χ2n) is 8.31. The van der Waals surface area contributed by atoms with Crippen molar-refractivity contribution in [1.29, 1.82) is 0 Å². The summed E-state index contributed by atoms with van der Waals surface area (Å²) < 4.78 is 10.9. The number of esters is 2. The molecule has 38 heavy (non-hydrogen) atoms. The number of carbonyl (C=O) groups is 2. The Labute approximate surface area is 221 Å². The fourth-order valence-corrected chi connectivity index (χ4v) is 3.38. The smallest absolute Gasteiger partial charge is 0.342 e. The fourth-order valence-electron chi connectivity index (χ4n) is 3.38. The van der Waals surface area contributed by atoms with Crippen LogP contribution in [0.25, 0.3) is 0 Å². The number of cyclic esters (lactones) is 2. The summed E-state index contributed by atoms with van der Waals surface area (Å²) in [6.45, 7) is 1.18. The number of benzene rings is 1. The first-order chi connectivity index (χ1) is 18.2. The minimum absolute atomic E-state index is 0.0524. The molecule has 0 aliphatic carbocycles. The highest BCUT2D eigenvalue weighted by Gasteiger charge is 2.25. The SMILES string of the molecule is CO/N=C/C=C/C(O)N/C=C/CC1CC(=O)OC(CO)/C=C/C(O)/C(C)=C\Cc2cccc(O)c2C(=O)O1. The second-order valence-corrected chi connectivity index (χ2v) is 8.31. The highest BCUT2D eigenvalue weighted by atomic mass is 16.6. The van der Waals surface area contributed by atoms with Gasteiger partial charge >= 0.3 is 11.9 Å². The van der Waals surface area contributed by atoms with E-state index < -0.39 is 43.1 Å². The number of hydrogen-bond acceptors (Lipinski definition) is 11. The van der Waals surface area contributed by atoms with Crippen LogP contribution in [0.2, 0.25) is 0 Å². The lowest BCUT2D eigenvalue weighted by Gasteiger charge is -2.19. The Morgan fingerprint density at radius 2 is 2.05 bits per heavy atom. The van der Waals surface area contributed by atoms with Gasteiger partial charge in [-0.05, 0) is 55.0 Å². The summed E-state index contributed by atoms with van der Waals surface area (Å²) >= 11 is 0. The summed E-state index contributed by atoms with van der Waals surface area (Å²) in [7, 11) is 1.39. The lowest BCUT2D eigenvalue weighted by molar-refractivity contribution is -0.150. The Bertz CT molecular complexity index is 1080. The number of phenolic OH excluding ortho intramolecular Hbond substituents is 1. The molecule has 0 spiro atoms. The number of aromatic hydroxyl groups is 1. The molecule has 1 aromatic rings. The molecule has 4 atom stereocenters. The number of nitrogens with one attached hydrogen (secondary N) is 1. The highest BCUT2D eigenvalue weighted by Crippen LogP contribution is 2.25. The molecule has 0 saturated heterocycles. The van der Waals surface area contributed by atoms with Crippen molar-refractivity contribution >= 4 is 18.2 Å². The molecular weight excluding hydrogens is 496 g/mol. The van der Waals surface area contributed by atoms with Gasteiger partial charge in [-0.2, -0.15) is 0 Å². The zero-order chi connectivity index (χ0) is 27.9. The maximum atomic E-state index is 13.1. The number of fused-ring (bicyclic) bond motifs is 1. The topological polar surface area (TPSA) is 167 Å². The van der Waals surface area contributed by atoms with Crippen LogP contribution < -0.4 is 5.32 Å². The molecule has 11 nitrogen and oxygen atoms in total. The number of phenols is 1. The van der Waals surface area contributed by atoms with Crippen molar-refractivity contribution in [1.82, 2.24) is 5.32 Å². The maximum absolute atomic E-state index is 13.1. The van der Waals surface area contributed by atoms with Gasteiger partial charge in [0.15, 0.2) is 0 Å². The summed E-state index contributed by atoms with van der Waals surface area (Å²) in [6, 6.07) is 4.60. The molecule has 0 saturated carbocycles. The molecule has 0 aromatic heterocycles. The molecule has 1 aliphatic rings. The number of ether oxygens (including phenoxy) is 2. The lowest BCUT2D eigenvalue weighted by Crippen LogP contribution is -2.27. The van der Waals surface area contributed by atoms with Crippen molar-refractivity contribution in [2.75, 3.05) is 13.7 Å². The number of nitrogens with zero attached hydrogens (tertiary/aromatic N) is 1. The zero-order valence-electron chi connectivity index (χ0n) is 21.3. The van der Waals surface area contributed by atoms with Crippen LogP contribution in [0.3, 0.4) is 0 Å². The van der Waals surface area contributed by atoms with Crippen LogP contribution in [0.15, 0.2) is 71.6 Å². The van der Waals surface area contributed by atoms with Crippen LogP contribution in [0.1, 0.15) is 35.7 Å². The minimum atomic E-state index is -1.04. The van der Waals surface area contributed by atoms with Crippen molar-refractivity contribution in [3.05, 3.63) is 77.6 Å². The van der Waals surface area contributed by atoms with Gasteiger partial charge in [-0.15, -0.1) is 0 Å². The number of carbonyl (C=O) groups excluding carboxylic acids is 2. The Hall–Kier alpha value is -3.93. The molecule has 5 N–H and O–H groups in total. The predicted octanol–water partition coefficient (Wildman–Crippen LogP) is 1.63. The van der Waals surface area contributed by atoms with Gasteiger partial charge < -0.3 is 40.1 Å². The van der Waals surface area contributed by atoms with Gasteiger partial charge in [-0.25, -0.2) is 4.79 Å². The number of rotatable bonds is 8. The average molecular weight is 531 g/mol. The number of aliphatic hydroxyl groups is 3. The Morgan fingerprint density at radius 3 is 2.79 bits per heavy atom. The molecule has 11 heteroatoms. The molecule has 1 aliphatic heterocycles. The van der Waals surface area contributed by atoms with E-state index in [4.69, 9.17) is 9.47 Å². The third-order valence-corrected chi connectivity index (χ3v) is 5.41. The van der Waals surface area contributed by atoms with Crippen molar-refractivity contribution < 1.29 is 44.3 Å². The first-order valence-electron chi connectivity index (χ1n) is 11.9. The number of oxime groups is 1. The van der Waals surface area contributed by atoms with E-state index in [1.807, 2.05) is 0 Å². The van der Waals surface area contributed by atoms with E-state index in [0.29, 0.717) is 11.1 Å². The molecule has 4 unspecified atom stereocenters. The standard InChI is InChI=1S/C27H34N2O9/c1-18-10-11-19-6-3-8-23(32)26(19)27(35)38-20(7-4-14-28-24(33)9-5-15-29-36-2)16-25(34)37-21(17-30)12-13-22(18)31/h3-6,8-10,12-15,20-22,24,28,30-33H,7,11,16-17H2,1-2H3/b9-5+,13-12+,14-4+,18-10-,29-15+. The van der Waals surface area contributed by atoms with Crippen molar-refractivity contribution in [3.8, 4) is 5.75 Å². The van der Waals surface area contributed by atoms with Crippen LogP contribution in [-0.2, 0) is 25.5 Å². The molecule has 1 heterocycles. The number of aliphatic hydroxyl groups excluding tert-OH is 3. The summed E-state index contributed by atoms with van der Waals surface area (Å²) in [6.07, 6.45) is 7.59. The van der Waals surface area contributed by atoms with E-state index in [9.17, 15) is 30.0 Å². The molecule has 0 amide bonds. The number of allylic oxidation sites excluding steroid dienone is 2. The van der Waals surface area contributed by atoms with E-state index in [-0.39, 0.29) is 30.6 Å². The zero-order valence-corrected chi connectivity index (χ0v) is 21.3. The van der Waals surface area contributed by atoms with Gasteiger partial charge in [0.1, 0.15) is 36.9 Å². The quantitative estimate of drug-likeness (QED) is 0.110. The van der Waals surface area contributed by atoms with Crippen molar-refractivity contribution in [2.45, 2.75) is 50.7 Å². The minimum Gasteiger partial charge on any atom is -0.507 e. The maximum Gasteiger partial charge on any atom is 0.342 e. The lowest BCUT2D eigenvalue weighted by atomic mass is 10.0. The first kappa shape index (κ1) is 30.3. The third-order valence-electron chi connectivity index (χ3n) is 5.41. The van der Waals surface area contributed by atoms with Gasteiger partial charge in [0.05, 0.1) is 25.3 Å². The van der Waals surface area contributed by atoms with Gasteiger partial charge in [-0.3, -0.25) is 4.79 Å². The van der Waals surface area contributed by atoms with E-state index in [1.165, 1.54) is 49.9 Å². The van der Waals surface area contributed by atoms with E-state index in [1.54, 1.807) is 31.2 Å². The molecule has 1 aromatic carbocycles. The normalized spacial score (nSPS) is 24.6. The molecule has 0 fully saturated rings. The summed E-state index contributed by atoms with van der Waals surface area (Å²) in [5, 5.41) is 46.4. The van der Waals surface area contributed by atoms with Crippen LogP contribution in [-0.4, -0.2) is 76.8 Å². The van der Waals surface area contributed by atoms with Crippen molar-refractivity contribution in [2.24, 2.45) is 5.16 Å². The predicted molar refractivity (Wildman–Crippen MR) is 139 cm³/mol. The Balaban J connectivity index is 2.27. The Kier molecular flexibility index (Phi) is 12.8. The largest absolute Gasteiger partial charge is 0.507 e. The fraction of sp³-hybridized carbons (Fsp3) is 0.370. The highest BCUT2D eigenvalue weighted by molar-refractivity contribution is 5.94. The number of hydrogen-bond donors (Lipinski definition) is 5. The molecule has 0 bridgehead atoms. The van der Waals surface area contributed by atoms with Gasteiger partial charge in [0, 0.05) is 6.42 Å². The van der Waals surface area contributed by atoms with Crippen LogP contribution in [0, 0.1) is 0 Å². The summed E-state index contributed by atoms with van der Waals surface area (Å²) in [5.74, 6) is -1.87. The van der Waals surface area contributed by atoms with Gasteiger partial charge in [0.25, 0.3) is 0 Å². The van der Waals surface area contributed by atoms with E-state index >= 15 is 0 Å². The van der Waals surface area contributed by atoms with Crippen LogP contribution >= 0.6 is 0 Å². The van der Waals surface area contributed by atoms with Gasteiger partial charge in [-0.1, -0.05) is 35.5 Å². The second kappa shape index (κ2) is 16.0. The van der Waals surface area contributed by atoms with Crippen LogP contribution in [0.4, 0.5) is 0 Å². The third kappa shape index (κ3) is 10.2. The van der Waals surface area contributed by atoms with Crippen LogP contribution in [0.5, 0.6) is 5.75 Å².